The molecule has 0 aliphatic rings. The largest absolute Gasteiger partial charge is 0.397 e. The molecule has 2 rings (SSSR count). The molecule has 0 atom stereocenters. The predicted molar refractivity (Wildman–Crippen MR) is 65.1 cm³/mol. The van der Waals surface area contributed by atoms with E-state index in [9.17, 15) is 18.0 Å². The van der Waals surface area contributed by atoms with Gasteiger partial charge in [-0.1, -0.05) is 12.1 Å². The number of nitrogens with one attached hydrogen (secondary N) is 1. The monoisotopic (exact) mass is 266 g/mol. The fourth-order valence-corrected chi connectivity index (χ4v) is 1.55. The van der Waals surface area contributed by atoms with Gasteiger partial charge in [0.15, 0.2) is 0 Å². The van der Waals surface area contributed by atoms with Crippen LogP contribution in [-0.4, -0.2) is 5.91 Å². The van der Waals surface area contributed by atoms with Crippen LogP contribution in [0.25, 0.3) is 0 Å². The lowest BCUT2D eigenvalue weighted by atomic mass is 10.1. The van der Waals surface area contributed by atoms with E-state index >= 15 is 0 Å². The zero-order valence-electron chi connectivity index (χ0n) is 9.58. The van der Waals surface area contributed by atoms with Crippen molar-refractivity contribution in [3.05, 3.63) is 59.4 Å². The second-order valence-electron chi connectivity index (χ2n) is 3.79. The van der Waals surface area contributed by atoms with Crippen LogP contribution in [0.3, 0.4) is 0 Å². The zero-order chi connectivity index (χ0) is 14.0. The fourth-order valence-electron chi connectivity index (χ4n) is 1.55. The summed E-state index contributed by atoms with van der Waals surface area (Å²) >= 11 is 0. The lowest BCUT2D eigenvalue weighted by Crippen LogP contribution is -2.17. The minimum Gasteiger partial charge on any atom is -0.397 e. The van der Waals surface area contributed by atoms with Crippen LogP contribution < -0.4 is 11.1 Å². The summed E-state index contributed by atoms with van der Waals surface area (Å²) in [5.74, 6) is -4.67. The molecule has 98 valence electrons. The number of carbonyl (C=O) groups is 1. The number of hydrogen-bond donors (Lipinski definition) is 2. The van der Waals surface area contributed by atoms with Crippen molar-refractivity contribution in [2.75, 3.05) is 11.1 Å². The van der Waals surface area contributed by atoms with Crippen molar-refractivity contribution in [3.8, 4) is 0 Å². The van der Waals surface area contributed by atoms with Crippen LogP contribution in [0, 0.1) is 17.5 Å². The van der Waals surface area contributed by atoms with E-state index < -0.39 is 28.9 Å². The van der Waals surface area contributed by atoms with E-state index in [2.05, 4.69) is 5.32 Å². The molecule has 19 heavy (non-hydrogen) atoms. The van der Waals surface area contributed by atoms with Crippen molar-refractivity contribution in [3.63, 3.8) is 0 Å². The number of nitrogen functional groups attached to an aromatic ring is 1. The van der Waals surface area contributed by atoms with Crippen LogP contribution in [0.2, 0.25) is 0 Å². The molecule has 6 heteroatoms. The summed E-state index contributed by atoms with van der Waals surface area (Å²) in [6.45, 7) is 0. The first-order valence-electron chi connectivity index (χ1n) is 5.29. The van der Waals surface area contributed by atoms with Crippen molar-refractivity contribution >= 4 is 17.3 Å². The molecule has 2 aromatic carbocycles. The van der Waals surface area contributed by atoms with E-state index in [1.807, 2.05) is 0 Å². The molecule has 0 saturated heterocycles. The maximum absolute atomic E-state index is 13.4. The van der Waals surface area contributed by atoms with Crippen molar-refractivity contribution in [1.82, 2.24) is 0 Å². The minimum absolute atomic E-state index is 0.218. The first kappa shape index (κ1) is 12.9. The fraction of sp³-hybridized carbons (Fsp3) is 0. The summed E-state index contributed by atoms with van der Waals surface area (Å²) < 4.78 is 39.5. The van der Waals surface area contributed by atoms with E-state index in [1.54, 1.807) is 12.1 Å². The summed E-state index contributed by atoms with van der Waals surface area (Å²) in [6, 6.07) is 7.12. The third-order valence-corrected chi connectivity index (χ3v) is 2.44. The second kappa shape index (κ2) is 5.01. The highest BCUT2D eigenvalue weighted by Gasteiger charge is 2.19. The number of anilines is 2. The van der Waals surface area contributed by atoms with Crippen LogP contribution in [0.1, 0.15) is 10.4 Å². The Balaban J connectivity index is 2.34. The summed E-state index contributed by atoms with van der Waals surface area (Å²) in [5.41, 5.74) is 5.20. The van der Waals surface area contributed by atoms with Crippen LogP contribution in [0.15, 0.2) is 36.4 Å². The van der Waals surface area contributed by atoms with Crippen LogP contribution in [-0.2, 0) is 0 Å². The Kier molecular flexibility index (Phi) is 3.41. The molecule has 0 aromatic heterocycles. The third kappa shape index (κ3) is 2.67. The number of hydrogen-bond acceptors (Lipinski definition) is 2. The molecule has 1 amide bonds. The van der Waals surface area contributed by atoms with E-state index in [4.69, 9.17) is 5.73 Å². The molecule has 0 bridgehead atoms. The number of para-hydroxylation sites is 2. The minimum atomic E-state index is -1.27. The molecule has 2 aromatic rings. The highest BCUT2D eigenvalue weighted by molar-refractivity contribution is 6.06. The van der Waals surface area contributed by atoms with Crippen LogP contribution in [0.4, 0.5) is 24.5 Å². The molecular formula is C13H9F3N2O. The van der Waals surface area contributed by atoms with Gasteiger partial charge in [-0.15, -0.1) is 0 Å². The molecule has 0 spiro atoms. The predicted octanol–water partition coefficient (Wildman–Crippen LogP) is 2.94. The van der Waals surface area contributed by atoms with Gasteiger partial charge in [0.05, 0.1) is 11.4 Å². The molecule has 3 nitrogen and oxygen atoms in total. The molecule has 0 unspecified atom stereocenters. The zero-order valence-corrected chi connectivity index (χ0v) is 9.58. The number of amides is 1. The van der Waals surface area contributed by atoms with Gasteiger partial charge in [-0.3, -0.25) is 4.79 Å². The molecule has 0 saturated carbocycles. The second-order valence-corrected chi connectivity index (χ2v) is 3.79. The standard InChI is InChI=1S/C13H9F3N2O/c14-7-5-8(15)12(9(16)6-7)13(19)18-11-4-2-1-3-10(11)17/h1-6H,17H2,(H,18,19). The van der Waals surface area contributed by atoms with Gasteiger partial charge in [0.2, 0.25) is 0 Å². The van der Waals surface area contributed by atoms with Crippen LogP contribution in [0.5, 0.6) is 0 Å². The maximum atomic E-state index is 13.4. The smallest absolute Gasteiger partial charge is 0.261 e. The lowest BCUT2D eigenvalue weighted by molar-refractivity contribution is 0.101. The first-order valence-corrected chi connectivity index (χ1v) is 5.29. The Morgan fingerprint density at radius 3 is 2.21 bits per heavy atom. The molecule has 0 aliphatic heterocycles. The van der Waals surface area contributed by atoms with E-state index in [1.165, 1.54) is 12.1 Å². The molecule has 0 heterocycles. The topological polar surface area (TPSA) is 55.1 Å². The van der Waals surface area contributed by atoms with Crippen molar-refractivity contribution in [1.29, 1.82) is 0 Å². The molecule has 3 N–H and O–H groups in total. The average molecular weight is 266 g/mol. The van der Waals surface area contributed by atoms with E-state index in [0.717, 1.165) is 0 Å². The molecular weight excluding hydrogens is 257 g/mol. The highest BCUT2D eigenvalue weighted by Crippen LogP contribution is 2.20. The number of benzene rings is 2. The Bertz CT molecular complexity index is 621. The Morgan fingerprint density at radius 1 is 1.05 bits per heavy atom. The number of carbonyl (C=O) groups excluding carboxylic acids is 1. The van der Waals surface area contributed by atoms with Crippen molar-refractivity contribution in [2.45, 2.75) is 0 Å². The van der Waals surface area contributed by atoms with Gasteiger partial charge in [-0.2, -0.15) is 0 Å². The Labute approximate surface area is 106 Å². The first-order chi connectivity index (χ1) is 8.99. The molecule has 0 fully saturated rings. The Hall–Kier alpha value is -2.50. The molecule has 0 radical (unpaired) electrons. The average Bonchev–Trinajstić information content (AvgIpc) is 2.30. The quantitative estimate of drug-likeness (QED) is 0.821. The maximum Gasteiger partial charge on any atom is 0.261 e. The SMILES string of the molecule is Nc1ccccc1NC(=O)c1c(F)cc(F)cc1F. The number of halogens is 3. The van der Waals surface area contributed by atoms with E-state index in [0.29, 0.717) is 12.1 Å². The highest BCUT2D eigenvalue weighted by atomic mass is 19.1. The van der Waals surface area contributed by atoms with Crippen molar-refractivity contribution < 1.29 is 18.0 Å². The van der Waals surface area contributed by atoms with Gasteiger partial charge in [0.25, 0.3) is 5.91 Å². The van der Waals surface area contributed by atoms with E-state index in [-0.39, 0.29) is 11.4 Å². The van der Waals surface area contributed by atoms with Gasteiger partial charge in [0, 0.05) is 12.1 Å². The number of rotatable bonds is 2. The van der Waals surface area contributed by atoms with Gasteiger partial charge < -0.3 is 11.1 Å². The summed E-state index contributed by atoms with van der Waals surface area (Å²) in [6.07, 6.45) is 0. The van der Waals surface area contributed by atoms with Gasteiger partial charge in [-0.05, 0) is 12.1 Å². The van der Waals surface area contributed by atoms with Gasteiger partial charge in [-0.25, -0.2) is 13.2 Å². The summed E-state index contributed by atoms with van der Waals surface area (Å²) in [5, 5.41) is 2.26. The lowest BCUT2D eigenvalue weighted by Gasteiger charge is -2.09. The third-order valence-electron chi connectivity index (χ3n) is 2.44. The Morgan fingerprint density at radius 2 is 1.63 bits per heavy atom. The van der Waals surface area contributed by atoms with Gasteiger partial charge in [0.1, 0.15) is 23.0 Å². The number of nitrogens with two attached hydrogens (primary N) is 1. The molecule has 0 aliphatic carbocycles. The van der Waals surface area contributed by atoms with Gasteiger partial charge >= 0.3 is 0 Å². The summed E-state index contributed by atoms with van der Waals surface area (Å²) in [4.78, 5) is 11.8. The normalized spacial score (nSPS) is 10.3. The van der Waals surface area contributed by atoms with Crippen LogP contribution >= 0.6 is 0 Å². The van der Waals surface area contributed by atoms with Crippen molar-refractivity contribution in [2.24, 2.45) is 0 Å². The summed E-state index contributed by atoms with van der Waals surface area (Å²) in [7, 11) is 0.